The predicted octanol–water partition coefficient (Wildman–Crippen LogP) is 3.89. The third-order valence-electron chi connectivity index (χ3n) is 4.39. The number of nitrogens with zero attached hydrogens (tertiary/aromatic N) is 1. The highest BCUT2D eigenvalue weighted by Crippen LogP contribution is 2.22. The number of carbonyl (C=O) groups is 1. The quantitative estimate of drug-likeness (QED) is 0.693. The highest BCUT2D eigenvalue weighted by molar-refractivity contribution is 5.89. The number of nitrogens with one attached hydrogen (secondary N) is 2. The molecule has 27 heavy (non-hydrogen) atoms. The highest BCUT2D eigenvalue weighted by Gasteiger charge is 2.12. The first-order valence-electron chi connectivity index (χ1n) is 9.50. The molecule has 1 fully saturated rings. The Morgan fingerprint density at radius 2 is 1.59 bits per heavy atom. The molecule has 2 aromatic carbocycles. The number of anilines is 2. The van der Waals surface area contributed by atoms with Crippen molar-refractivity contribution in [3.63, 3.8) is 0 Å². The van der Waals surface area contributed by atoms with Crippen molar-refractivity contribution < 1.29 is 14.3 Å². The van der Waals surface area contributed by atoms with Crippen molar-refractivity contribution in [3.8, 4) is 11.5 Å². The summed E-state index contributed by atoms with van der Waals surface area (Å²) in [5.74, 6) is 1.57. The van der Waals surface area contributed by atoms with E-state index < -0.39 is 0 Å². The molecule has 1 aliphatic rings. The van der Waals surface area contributed by atoms with Gasteiger partial charge in [-0.05, 0) is 68.3 Å². The molecule has 1 aliphatic heterocycles. The smallest absolute Gasteiger partial charge is 0.319 e. The van der Waals surface area contributed by atoms with Crippen molar-refractivity contribution in [2.45, 2.75) is 19.8 Å². The molecule has 0 bridgehead atoms. The zero-order chi connectivity index (χ0) is 18.9. The van der Waals surface area contributed by atoms with E-state index >= 15 is 0 Å². The largest absolute Gasteiger partial charge is 0.494 e. The summed E-state index contributed by atoms with van der Waals surface area (Å²) in [4.78, 5) is 14.3. The maximum atomic E-state index is 12.0. The first kappa shape index (κ1) is 18.9. The molecular weight excluding hydrogens is 342 g/mol. The molecule has 6 nitrogen and oxygen atoms in total. The first-order chi connectivity index (χ1) is 13.2. The van der Waals surface area contributed by atoms with Crippen LogP contribution in [0.4, 0.5) is 16.2 Å². The fourth-order valence-corrected chi connectivity index (χ4v) is 3.04. The second-order valence-corrected chi connectivity index (χ2v) is 6.37. The van der Waals surface area contributed by atoms with Crippen LogP contribution in [-0.4, -0.2) is 38.9 Å². The summed E-state index contributed by atoms with van der Waals surface area (Å²) in [6, 6.07) is 15.2. The van der Waals surface area contributed by atoms with Gasteiger partial charge in [-0.2, -0.15) is 0 Å². The molecule has 0 radical (unpaired) electrons. The van der Waals surface area contributed by atoms with Crippen LogP contribution in [0.15, 0.2) is 48.5 Å². The van der Waals surface area contributed by atoms with Crippen molar-refractivity contribution in [2.24, 2.45) is 0 Å². The molecule has 3 rings (SSSR count). The summed E-state index contributed by atoms with van der Waals surface area (Å²) in [5, 5.41) is 5.63. The Morgan fingerprint density at radius 3 is 2.22 bits per heavy atom. The molecule has 0 aliphatic carbocycles. The van der Waals surface area contributed by atoms with Gasteiger partial charge < -0.3 is 25.0 Å². The molecule has 0 atom stereocenters. The summed E-state index contributed by atoms with van der Waals surface area (Å²) in [6.07, 6.45) is 2.50. The zero-order valence-electron chi connectivity index (χ0n) is 15.7. The van der Waals surface area contributed by atoms with E-state index in [1.165, 1.54) is 18.5 Å². The van der Waals surface area contributed by atoms with Gasteiger partial charge in [0.2, 0.25) is 0 Å². The molecule has 144 valence electrons. The van der Waals surface area contributed by atoms with Crippen LogP contribution in [0.25, 0.3) is 0 Å². The second-order valence-electron chi connectivity index (χ2n) is 6.37. The Kier molecular flexibility index (Phi) is 6.79. The number of urea groups is 1. The van der Waals surface area contributed by atoms with Gasteiger partial charge in [-0.3, -0.25) is 0 Å². The fraction of sp³-hybridized carbons (Fsp3) is 0.381. The van der Waals surface area contributed by atoms with E-state index in [9.17, 15) is 4.79 Å². The Balaban J connectivity index is 1.35. The number of ether oxygens (including phenoxy) is 2. The third-order valence-corrected chi connectivity index (χ3v) is 4.39. The topological polar surface area (TPSA) is 62.8 Å². The van der Waals surface area contributed by atoms with Crippen molar-refractivity contribution >= 4 is 17.4 Å². The first-order valence-corrected chi connectivity index (χ1v) is 9.50. The number of hydrogen-bond acceptors (Lipinski definition) is 4. The van der Waals surface area contributed by atoms with E-state index in [4.69, 9.17) is 9.47 Å². The third kappa shape index (κ3) is 5.81. The minimum atomic E-state index is -0.237. The maximum absolute atomic E-state index is 12.0. The number of rotatable bonds is 8. The number of amides is 2. The van der Waals surface area contributed by atoms with Crippen LogP contribution < -0.4 is 25.0 Å². The van der Waals surface area contributed by atoms with Gasteiger partial charge in [0.15, 0.2) is 0 Å². The van der Waals surface area contributed by atoms with Crippen LogP contribution in [0.5, 0.6) is 11.5 Å². The SMILES string of the molecule is CCOc1ccc(OCCNC(=O)Nc2ccc(N3CCCC3)cc2)cc1. The van der Waals surface area contributed by atoms with Crippen molar-refractivity contribution in [1.29, 1.82) is 0 Å². The molecule has 2 aromatic rings. The molecular formula is C21H27N3O3. The van der Waals surface area contributed by atoms with Crippen LogP contribution >= 0.6 is 0 Å². The molecule has 0 unspecified atom stereocenters. The van der Waals surface area contributed by atoms with Gasteiger partial charge >= 0.3 is 6.03 Å². The van der Waals surface area contributed by atoms with Gasteiger partial charge in [0.1, 0.15) is 18.1 Å². The Labute approximate surface area is 160 Å². The van der Waals surface area contributed by atoms with E-state index in [1.54, 1.807) is 0 Å². The van der Waals surface area contributed by atoms with Crippen LogP contribution in [0.1, 0.15) is 19.8 Å². The van der Waals surface area contributed by atoms with E-state index in [0.717, 1.165) is 30.3 Å². The lowest BCUT2D eigenvalue weighted by molar-refractivity contribution is 0.247. The number of benzene rings is 2. The maximum Gasteiger partial charge on any atom is 0.319 e. The molecule has 0 saturated carbocycles. The minimum absolute atomic E-state index is 0.237. The fourth-order valence-electron chi connectivity index (χ4n) is 3.04. The monoisotopic (exact) mass is 369 g/mol. The summed E-state index contributed by atoms with van der Waals surface area (Å²) < 4.78 is 11.0. The van der Waals surface area contributed by atoms with Gasteiger partial charge in [-0.1, -0.05) is 0 Å². The van der Waals surface area contributed by atoms with Crippen molar-refractivity contribution in [2.75, 3.05) is 43.1 Å². The highest BCUT2D eigenvalue weighted by atomic mass is 16.5. The van der Waals surface area contributed by atoms with E-state index in [0.29, 0.717) is 19.8 Å². The summed E-state index contributed by atoms with van der Waals surface area (Å²) >= 11 is 0. The molecule has 1 saturated heterocycles. The second kappa shape index (κ2) is 9.71. The van der Waals surface area contributed by atoms with Crippen molar-refractivity contribution in [3.05, 3.63) is 48.5 Å². The zero-order valence-corrected chi connectivity index (χ0v) is 15.7. The van der Waals surface area contributed by atoms with Gasteiger partial charge in [0.05, 0.1) is 13.2 Å². The average molecular weight is 369 g/mol. The standard InChI is InChI=1S/C21H27N3O3/c1-2-26-19-9-11-20(12-10-19)27-16-13-22-21(25)23-17-5-7-18(8-6-17)24-14-3-4-15-24/h5-12H,2-4,13-16H2,1H3,(H2,22,23,25). The molecule has 1 heterocycles. The minimum Gasteiger partial charge on any atom is -0.494 e. The molecule has 0 aromatic heterocycles. The van der Waals surface area contributed by atoms with Gasteiger partial charge in [0.25, 0.3) is 0 Å². The number of hydrogen-bond donors (Lipinski definition) is 2. The van der Waals surface area contributed by atoms with E-state index in [-0.39, 0.29) is 6.03 Å². The van der Waals surface area contributed by atoms with E-state index in [2.05, 4.69) is 27.7 Å². The molecule has 2 amide bonds. The molecule has 6 heteroatoms. The van der Waals surface area contributed by atoms with Crippen LogP contribution in [0.2, 0.25) is 0 Å². The van der Waals surface area contributed by atoms with Gasteiger partial charge in [-0.25, -0.2) is 4.79 Å². The van der Waals surface area contributed by atoms with E-state index in [1.807, 2.05) is 43.3 Å². The predicted molar refractivity (Wildman–Crippen MR) is 108 cm³/mol. The molecule has 0 spiro atoms. The summed E-state index contributed by atoms with van der Waals surface area (Å²) in [7, 11) is 0. The Bertz CT molecular complexity index is 710. The normalized spacial score (nSPS) is 13.3. The van der Waals surface area contributed by atoms with Gasteiger partial charge in [0, 0.05) is 24.5 Å². The number of carbonyl (C=O) groups excluding carboxylic acids is 1. The van der Waals surface area contributed by atoms with Crippen LogP contribution in [0, 0.1) is 0 Å². The lowest BCUT2D eigenvalue weighted by Crippen LogP contribution is -2.32. The van der Waals surface area contributed by atoms with Crippen LogP contribution in [0.3, 0.4) is 0 Å². The summed E-state index contributed by atoms with van der Waals surface area (Å²) in [6.45, 7) is 5.63. The molecule has 2 N–H and O–H groups in total. The Morgan fingerprint density at radius 1 is 0.963 bits per heavy atom. The van der Waals surface area contributed by atoms with Crippen LogP contribution in [-0.2, 0) is 0 Å². The average Bonchev–Trinajstić information content (AvgIpc) is 3.22. The summed E-state index contributed by atoms with van der Waals surface area (Å²) in [5.41, 5.74) is 1.99. The lowest BCUT2D eigenvalue weighted by Gasteiger charge is -2.17. The lowest BCUT2D eigenvalue weighted by atomic mass is 10.2. The van der Waals surface area contributed by atoms with Gasteiger partial charge in [-0.15, -0.1) is 0 Å². The van der Waals surface area contributed by atoms with Crippen molar-refractivity contribution in [1.82, 2.24) is 5.32 Å². The Hall–Kier alpha value is -2.89.